The molecule has 0 spiro atoms. The third kappa shape index (κ3) is 2.83. The molecule has 124 valence electrons. The van der Waals surface area contributed by atoms with E-state index in [1.54, 1.807) is 33.5 Å². The van der Waals surface area contributed by atoms with Gasteiger partial charge in [0.1, 0.15) is 0 Å². The summed E-state index contributed by atoms with van der Waals surface area (Å²) in [5.74, 6) is 2.80. The summed E-state index contributed by atoms with van der Waals surface area (Å²) in [6.07, 6.45) is 0. The van der Waals surface area contributed by atoms with E-state index in [1.807, 2.05) is 24.3 Å². The Morgan fingerprint density at radius 3 is 2.04 bits per heavy atom. The molecule has 0 saturated carbocycles. The topological polar surface area (TPSA) is 95.3 Å². The van der Waals surface area contributed by atoms with Gasteiger partial charge in [0.05, 0.1) is 21.3 Å². The number of rotatable bonds is 5. The molecule has 0 atom stereocenters. The Balaban J connectivity index is 2.02. The normalized spacial score (nSPS) is 10.5. The minimum Gasteiger partial charge on any atom is -0.493 e. The number of aromatic amines is 1. The molecule has 2 aromatic carbocycles. The average molecular weight is 326 g/mol. The largest absolute Gasteiger partial charge is 0.493 e. The molecule has 0 amide bonds. The Bertz CT molecular complexity index is 818. The molecule has 0 aliphatic carbocycles. The first-order valence-corrected chi connectivity index (χ1v) is 7.25. The SMILES string of the molecule is COc1cc(-c2n[nH]c(-c3ccc(N)cc3)n2)cc(OC)c1OC. The van der Waals surface area contributed by atoms with Gasteiger partial charge in [0.25, 0.3) is 0 Å². The molecule has 3 rings (SSSR count). The van der Waals surface area contributed by atoms with Crippen molar-refractivity contribution in [1.29, 1.82) is 0 Å². The number of hydrogen-bond acceptors (Lipinski definition) is 6. The van der Waals surface area contributed by atoms with Gasteiger partial charge in [-0.05, 0) is 36.4 Å². The molecule has 1 aromatic heterocycles. The minimum atomic E-state index is 0.526. The fraction of sp³-hybridized carbons (Fsp3) is 0.176. The van der Waals surface area contributed by atoms with Gasteiger partial charge in [0.2, 0.25) is 5.75 Å². The fourth-order valence-corrected chi connectivity index (χ4v) is 2.37. The van der Waals surface area contributed by atoms with Crippen LogP contribution in [0.5, 0.6) is 17.2 Å². The molecular weight excluding hydrogens is 308 g/mol. The van der Waals surface area contributed by atoms with Gasteiger partial charge in [-0.2, -0.15) is 5.10 Å². The summed E-state index contributed by atoms with van der Waals surface area (Å²) < 4.78 is 16.0. The van der Waals surface area contributed by atoms with E-state index in [0.29, 0.717) is 34.6 Å². The number of anilines is 1. The van der Waals surface area contributed by atoms with E-state index < -0.39 is 0 Å². The Kier molecular flexibility index (Phi) is 4.24. The number of aromatic nitrogens is 3. The Morgan fingerprint density at radius 1 is 0.875 bits per heavy atom. The molecule has 0 aliphatic rings. The Labute approximate surface area is 139 Å². The second-order valence-electron chi connectivity index (χ2n) is 5.04. The monoisotopic (exact) mass is 326 g/mol. The van der Waals surface area contributed by atoms with Gasteiger partial charge in [0, 0.05) is 16.8 Å². The third-order valence-electron chi connectivity index (χ3n) is 3.59. The van der Waals surface area contributed by atoms with Crippen molar-refractivity contribution in [3.63, 3.8) is 0 Å². The van der Waals surface area contributed by atoms with Crippen molar-refractivity contribution in [1.82, 2.24) is 15.2 Å². The van der Waals surface area contributed by atoms with Gasteiger partial charge in [-0.3, -0.25) is 5.10 Å². The summed E-state index contributed by atoms with van der Waals surface area (Å²) in [6.45, 7) is 0. The zero-order valence-electron chi connectivity index (χ0n) is 13.7. The first kappa shape index (κ1) is 15.7. The van der Waals surface area contributed by atoms with Crippen molar-refractivity contribution >= 4 is 5.69 Å². The maximum atomic E-state index is 5.71. The summed E-state index contributed by atoms with van der Waals surface area (Å²) in [5.41, 5.74) is 8.05. The summed E-state index contributed by atoms with van der Waals surface area (Å²) in [5, 5.41) is 7.20. The molecule has 24 heavy (non-hydrogen) atoms. The molecule has 0 unspecified atom stereocenters. The van der Waals surface area contributed by atoms with E-state index in [1.165, 1.54) is 0 Å². The second kappa shape index (κ2) is 6.49. The van der Waals surface area contributed by atoms with Crippen molar-refractivity contribution in [3.05, 3.63) is 36.4 Å². The van der Waals surface area contributed by atoms with Crippen molar-refractivity contribution < 1.29 is 14.2 Å². The molecule has 3 aromatic rings. The van der Waals surface area contributed by atoms with Crippen LogP contribution >= 0.6 is 0 Å². The van der Waals surface area contributed by atoms with Gasteiger partial charge < -0.3 is 19.9 Å². The molecule has 0 radical (unpaired) electrons. The van der Waals surface area contributed by atoms with E-state index >= 15 is 0 Å². The predicted octanol–water partition coefficient (Wildman–Crippen LogP) is 2.75. The predicted molar refractivity (Wildman–Crippen MR) is 91.3 cm³/mol. The number of hydrogen-bond donors (Lipinski definition) is 2. The van der Waals surface area contributed by atoms with E-state index in [9.17, 15) is 0 Å². The van der Waals surface area contributed by atoms with E-state index in [4.69, 9.17) is 19.9 Å². The first-order chi connectivity index (χ1) is 11.7. The molecule has 1 heterocycles. The lowest BCUT2D eigenvalue weighted by Gasteiger charge is -2.12. The number of nitrogens with one attached hydrogen (secondary N) is 1. The summed E-state index contributed by atoms with van der Waals surface area (Å²) in [7, 11) is 4.70. The fourth-order valence-electron chi connectivity index (χ4n) is 2.37. The van der Waals surface area contributed by atoms with E-state index in [2.05, 4.69) is 15.2 Å². The highest BCUT2D eigenvalue weighted by atomic mass is 16.5. The van der Waals surface area contributed by atoms with Crippen molar-refractivity contribution in [3.8, 4) is 40.0 Å². The highest BCUT2D eigenvalue weighted by Gasteiger charge is 2.16. The third-order valence-corrected chi connectivity index (χ3v) is 3.59. The second-order valence-corrected chi connectivity index (χ2v) is 5.04. The van der Waals surface area contributed by atoms with Crippen molar-refractivity contribution in [2.45, 2.75) is 0 Å². The number of ether oxygens (including phenoxy) is 3. The zero-order chi connectivity index (χ0) is 17.1. The highest BCUT2D eigenvalue weighted by molar-refractivity contribution is 5.68. The average Bonchev–Trinajstić information content (AvgIpc) is 3.11. The first-order valence-electron chi connectivity index (χ1n) is 7.25. The molecule has 7 heteroatoms. The number of nitrogens with zero attached hydrogens (tertiary/aromatic N) is 2. The quantitative estimate of drug-likeness (QED) is 0.700. The van der Waals surface area contributed by atoms with Crippen LogP contribution in [0.15, 0.2) is 36.4 Å². The van der Waals surface area contributed by atoms with Gasteiger partial charge in [-0.1, -0.05) is 0 Å². The highest BCUT2D eigenvalue weighted by Crippen LogP contribution is 2.40. The van der Waals surface area contributed by atoms with Crippen LogP contribution in [0.3, 0.4) is 0 Å². The Hall–Kier alpha value is -3.22. The molecule has 0 fully saturated rings. The smallest absolute Gasteiger partial charge is 0.203 e. The minimum absolute atomic E-state index is 0.526. The lowest BCUT2D eigenvalue weighted by atomic mass is 10.1. The number of nitrogens with two attached hydrogens (primary N) is 1. The number of methoxy groups -OCH3 is 3. The number of H-pyrrole nitrogens is 1. The van der Waals surface area contributed by atoms with Crippen molar-refractivity contribution in [2.24, 2.45) is 0 Å². The summed E-state index contributed by atoms with van der Waals surface area (Å²) >= 11 is 0. The van der Waals surface area contributed by atoms with Gasteiger partial charge in [-0.25, -0.2) is 4.98 Å². The molecular formula is C17H18N4O3. The summed E-state index contributed by atoms with van der Waals surface area (Å²) in [4.78, 5) is 4.53. The Morgan fingerprint density at radius 2 is 1.50 bits per heavy atom. The lowest BCUT2D eigenvalue weighted by Crippen LogP contribution is -1.96. The number of benzene rings is 2. The van der Waals surface area contributed by atoms with Gasteiger partial charge >= 0.3 is 0 Å². The van der Waals surface area contributed by atoms with Crippen LogP contribution in [-0.4, -0.2) is 36.5 Å². The standard InChI is InChI=1S/C17H18N4O3/c1-22-13-8-11(9-14(23-2)15(13)24-3)17-19-16(20-21-17)10-4-6-12(18)7-5-10/h4-9H,18H2,1-3H3,(H,19,20,21). The van der Waals surface area contributed by atoms with Crippen LogP contribution in [0.4, 0.5) is 5.69 Å². The van der Waals surface area contributed by atoms with Crippen LogP contribution in [0.2, 0.25) is 0 Å². The van der Waals surface area contributed by atoms with E-state index in [-0.39, 0.29) is 0 Å². The molecule has 0 aliphatic heterocycles. The van der Waals surface area contributed by atoms with Crippen LogP contribution in [-0.2, 0) is 0 Å². The van der Waals surface area contributed by atoms with Crippen LogP contribution in [0.25, 0.3) is 22.8 Å². The van der Waals surface area contributed by atoms with E-state index in [0.717, 1.165) is 11.1 Å². The maximum absolute atomic E-state index is 5.71. The van der Waals surface area contributed by atoms with Crippen molar-refractivity contribution in [2.75, 3.05) is 27.1 Å². The maximum Gasteiger partial charge on any atom is 0.203 e. The van der Waals surface area contributed by atoms with Crippen LogP contribution in [0.1, 0.15) is 0 Å². The summed E-state index contributed by atoms with van der Waals surface area (Å²) in [6, 6.07) is 11.0. The molecule has 0 bridgehead atoms. The lowest BCUT2D eigenvalue weighted by molar-refractivity contribution is 0.324. The zero-order valence-corrected chi connectivity index (χ0v) is 13.7. The molecule has 0 saturated heterocycles. The number of nitrogen functional groups attached to an aromatic ring is 1. The molecule has 3 N–H and O–H groups in total. The van der Waals surface area contributed by atoms with Crippen LogP contribution < -0.4 is 19.9 Å². The molecule has 7 nitrogen and oxygen atoms in total. The van der Waals surface area contributed by atoms with Crippen LogP contribution in [0, 0.1) is 0 Å². The van der Waals surface area contributed by atoms with Gasteiger partial charge in [-0.15, -0.1) is 0 Å². The van der Waals surface area contributed by atoms with Gasteiger partial charge in [0.15, 0.2) is 23.1 Å².